The zero-order chi connectivity index (χ0) is 31.2. The minimum atomic E-state index is -5.08. The van der Waals surface area contributed by atoms with E-state index in [1.807, 2.05) is 0 Å². The van der Waals surface area contributed by atoms with Crippen LogP contribution in [0, 0.1) is 18.7 Å². The number of likely N-dealkylation sites (N-methyl/N-ethyl adjacent to an activating group) is 1. The van der Waals surface area contributed by atoms with Crippen molar-refractivity contribution in [3.63, 3.8) is 0 Å². The van der Waals surface area contributed by atoms with Crippen LogP contribution in [0.4, 0.5) is 30.7 Å². The number of amides is 1. The van der Waals surface area contributed by atoms with Gasteiger partial charge in [0.2, 0.25) is 11.6 Å². The number of aryl methyl sites for hydroxylation is 1. The van der Waals surface area contributed by atoms with Crippen LogP contribution in [-0.2, 0) is 9.59 Å². The van der Waals surface area contributed by atoms with Crippen molar-refractivity contribution in [3.05, 3.63) is 41.7 Å². The molecule has 1 unspecified atom stereocenters. The van der Waals surface area contributed by atoms with Gasteiger partial charge in [0.1, 0.15) is 0 Å². The first kappa shape index (κ1) is 33.2. The highest BCUT2D eigenvalue weighted by Crippen LogP contribution is 2.39. The second-order valence-electron chi connectivity index (χ2n) is 9.21. The van der Waals surface area contributed by atoms with E-state index in [0.717, 1.165) is 19.4 Å². The average Bonchev–Trinajstić information content (AvgIpc) is 3.28. The van der Waals surface area contributed by atoms with Crippen LogP contribution in [0.1, 0.15) is 29.1 Å². The Morgan fingerprint density at radius 3 is 2.15 bits per heavy atom. The van der Waals surface area contributed by atoms with Crippen LogP contribution >= 0.6 is 0 Å². The quantitative estimate of drug-likeness (QED) is 0.500. The summed E-state index contributed by atoms with van der Waals surface area (Å²) in [6.45, 7) is 4.44. The van der Waals surface area contributed by atoms with Gasteiger partial charge in [0.15, 0.2) is 5.82 Å². The molecule has 2 aliphatic rings. The van der Waals surface area contributed by atoms with E-state index in [4.69, 9.17) is 29.1 Å². The van der Waals surface area contributed by atoms with Gasteiger partial charge in [-0.15, -0.1) is 0 Å². The highest BCUT2D eigenvalue weighted by atomic mass is 19.4. The van der Waals surface area contributed by atoms with Crippen molar-refractivity contribution in [2.24, 2.45) is 5.92 Å². The number of halogens is 7. The summed E-state index contributed by atoms with van der Waals surface area (Å²) in [7, 11) is 2.09. The van der Waals surface area contributed by atoms with Gasteiger partial charge >= 0.3 is 24.3 Å². The third-order valence-electron chi connectivity index (χ3n) is 6.11. The molecule has 4 rings (SSSR count). The number of rotatable bonds is 4. The Labute approximate surface area is 227 Å². The van der Waals surface area contributed by atoms with Crippen molar-refractivity contribution < 1.29 is 64.6 Å². The van der Waals surface area contributed by atoms with Gasteiger partial charge in [-0.25, -0.2) is 19.0 Å². The van der Waals surface area contributed by atoms with Crippen molar-refractivity contribution in [1.29, 1.82) is 0 Å². The molecule has 4 heterocycles. The summed E-state index contributed by atoms with van der Waals surface area (Å²) in [6.07, 6.45) is -6.77. The number of carboxylic acid groups (broad SMARTS) is 2. The van der Waals surface area contributed by atoms with Gasteiger partial charge in [0.25, 0.3) is 5.91 Å². The second-order valence-corrected chi connectivity index (χ2v) is 9.21. The molecule has 41 heavy (non-hydrogen) atoms. The molecule has 2 fully saturated rings. The molecule has 1 amide bonds. The van der Waals surface area contributed by atoms with Gasteiger partial charge in [0, 0.05) is 25.4 Å². The molecule has 2 aromatic heterocycles. The molecule has 0 aliphatic carbocycles. The van der Waals surface area contributed by atoms with E-state index in [1.54, 1.807) is 24.0 Å². The van der Waals surface area contributed by atoms with Gasteiger partial charge in [-0.3, -0.25) is 9.69 Å². The Bertz CT molecular complexity index is 1190. The molecule has 0 aromatic carbocycles. The maximum Gasteiger partial charge on any atom is 0.490 e. The fourth-order valence-electron chi connectivity index (χ4n) is 4.02. The van der Waals surface area contributed by atoms with Crippen LogP contribution in [0.2, 0.25) is 0 Å². The summed E-state index contributed by atoms with van der Waals surface area (Å²) in [4.78, 5) is 38.3. The molecule has 1 atom stereocenters. The third kappa shape index (κ3) is 9.29. The number of alkyl halides is 6. The first-order valence-corrected chi connectivity index (χ1v) is 11.6. The van der Waals surface area contributed by atoms with Gasteiger partial charge in [0.05, 0.1) is 17.8 Å². The van der Waals surface area contributed by atoms with E-state index in [1.165, 1.54) is 12.3 Å². The Morgan fingerprint density at radius 2 is 1.68 bits per heavy atom. The van der Waals surface area contributed by atoms with Crippen molar-refractivity contribution >= 4 is 17.8 Å². The lowest BCUT2D eigenvalue weighted by Gasteiger charge is -2.58. The lowest BCUT2D eigenvalue weighted by atomic mass is 9.75. The Hall–Kier alpha value is -3.96. The predicted molar refractivity (Wildman–Crippen MR) is 122 cm³/mol. The van der Waals surface area contributed by atoms with Gasteiger partial charge in [-0.2, -0.15) is 26.3 Å². The summed E-state index contributed by atoms with van der Waals surface area (Å²) in [5.74, 6) is -5.44. The number of ether oxygens (including phenoxy) is 1. The van der Waals surface area contributed by atoms with Crippen LogP contribution in [0.5, 0.6) is 5.88 Å². The summed E-state index contributed by atoms with van der Waals surface area (Å²) < 4.78 is 87.9. The zero-order valence-electron chi connectivity index (χ0n) is 21.5. The Balaban J connectivity index is 0.000000349. The molecule has 2 aromatic rings. The number of nitrogens with zero attached hydrogens (tertiary/aromatic N) is 4. The molecule has 2 N–H and O–H groups in total. The molecule has 1 spiro atoms. The van der Waals surface area contributed by atoms with Gasteiger partial charge in [-0.1, -0.05) is 5.16 Å². The SMILES string of the molecule is Cc1cc(C(=O)N2CC3(CC(COc4ncccc4F)CCN3C)C2)on1.O=C(O)C(F)(F)F.O=C(O)C(F)(F)F. The summed E-state index contributed by atoms with van der Waals surface area (Å²) in [6, 6.07) is 4.55. The number of piperidine rings is 1. The molecule has 0 radical (unpaired) electrons. The standard InChI is InChI=1S/C19H23FN4O3.2C2HF3O2/c1-13-8-16(27-22-13)18(25)24-11-19(12-24)9-14(5-7-23(19)2)10-26-17-15(20)4-3-6-21-17;2*3-2(4,5)1(6)7/h3-4,6,8,14H,5,7,9-12H2,1-2H3;2*(H,6,7). The van der Waals surface area contributed by atoms with Crippen LogP contribution in [0.25, 0.3) is 0 Å². The number of carbonyl (C=O) groups excluding carboxylic acids is 1. The van der Waals surface area contributed by atoms with Crippen LogP contribution in [0.3, 0.4) is 0 Å². The zero-order valence-corrected chi connectivity index (χ0v) is 21.5. The fraction of sp³-hybridized carbons (Fsp3) is 0.522. The first-order chi connectivity index (χ1) is 18.9. The van der Waals surface area contributed by atoms with E-state index in [9.17, 15) is 35.5 Å². The average molecular weight is 602 g/mol. The fourth-order valence-corrected chi connectivity index (χ4v) is 4.02. The summed E-state index contributed by atoms with van der Waals surface area (Å²) in [5, 5.41) is 18.0. The lowest BCUT2D eigenvalue weighted by Crippen LogP contribution is -2.72. The maximum absolute atomic E-state index is 13.7. The Morgan fingerprint density at radius 1 is 1.12 bits per heavy atom. The number of hydrogen-bond acceptors (Lipinski definition) is 8. The van der Waals surface area contributed by atoms with Crippen molar-refractivity contribution in [3.8, 4) is 5.88 Å². The molecule has 2 aliphatic heterocycles. The molecule has 11 nitrogen and oxygen atoms in total. The van der Waals surface area contributed by atoms with Crippen molar-refractivity contribution in [2.45, 2.75) is 37.7 Å². The molecule has 0 bridgehead atoms. The summed E-state index contributed by atoms with van der Waals surface area (Å²) >= 11 is 0. The van der Waals surface area contributed by atoms with Crippen LogP contribution in [-0.4, -0.2) is 99.2 Å². The third-order valence-corrected chi connectivity index (χ3v) is 6.11. The number of likely N-dealkylation sites (tertiary alicyclic amines) is 2. The van der Waals surface area contributed by atoms with Crippen LogP contribution < -0.4 is 4.74 Å². The molecule has 0 saturated carbocycles. The largest absolute Gasteiger partial charge is 0.490 e. The number of aliphatic carboxylic acids is 2. The van der Waals surface area contributed by atoms with E-state index < -0.39 is 30.1 Å². The molecule has 18 heteroatoms. The smallest absolute Gasteiger partial charge is 0.475 e. The first-order valence-electron chi connectivity index (χ1n) is 11.6. The molecular weight excluding hydrogens is 577 g/mol. The summed E-state index contributed by atoms with van der Waals surface area (Å²) in [5.41, 5.74) is 0.641. The Kier molecular flexibility index (Phi) is 10.7. The number of carbonyl (C=O) groups is 3. The highest BCUT2D eigenvalue weighted by molar-refractivity contribution is 5.92. The second kappa shape index (κ2) is 13.1. The molecular formula is C23H25F7N4O7. The number of carboxylic acids is 2. The normalized spacial score (nSPS) is 18.3. The molecule has 2 saturated heterocycles. The topological polar surface area (TPSA) is 146 Å². The minimum absolute atomic E-state index is 0.0524. The highest BCUT2D eigenvalue weighted by Gasteiger charge is 2.51. The van der Waals surface area contributed by atoms with Gasteiger partial charge < -0.3 is 24.4 Å². The predicted octanol–water partition coefficient (Wildman–Crippen LogP) is 3.40. The van der Waals surface area contributed by atoms with Crippen LogP contribution in [0.15, 0.2) is 28.9 Å². The van der Waals surface area contributed by atoms with E-state index in [2.05, 4.69) is 22.1 Å². The van der Waals surface area contributed by atoms with Crippen molar-refractivity contribution in [1.82, 2.24) is 19.9 Å². The lowest BCUT2D eigenvalue weighted by molar-refractivity contribution is -0.193. The minimum Gasteiger partial charge on any atom is -0.475 e. The van der Waals surface area contributed by atoms with E-state index >= 15 is 0 Å². The molecule has 228 valence electrons. The van der Waals surface area contributed by atoms with E-state index in [-0.39, 0.29) is 23.1 Å². The maximum atomic E-state index is 13.7. The van der Waals surface area contributed by atoms with Gasteiger partial charge in [-0.05, 0) is 51.4 Å². The van der Waals surface area contributed by atoms with E-state index in [0.29, 0.717) is 31.3 Å². The van der Waals surface area contributed by atoms with Crippen molar-refractivity contribution in [2.75, 3.05) is 33.3 Å². The number of hydrogen-bond donors (Lipinski definition) is 2. The number of pyridine rings is 1. The number of aromatic nitrogens is 2. The monoisotopic (exact) mass is 602 g/mol.